The van der Waals surface area contributed by atoms with Gasteiger partial charge in [-0.25, -0.2) is 4.98 Å². The SMILES string of the molecule is Cc1nc(Br)cc(OCCOC(C)(C)C)n1. The summed E-state index contributed by atoms with van der Waals surface area (Å²) < 4.78 is 11.7. The van der Waals surface area contributed by atoms with E-state index in [1.54, 1.807) is 6.07 Å². The minimum Gasteiger partial charge on any atom is -0.475 e. The van der Waals surface area contributed by atoms with Gasteiger partial charge in [0.15, 0.2) is 0 Å². The summed E-state index contributed by atoms with van der Waals surface area (Å²) in [6, 6.07) is 1.74. The number of halogens is 1. The van der Waals surface area contributed by atoms with Gasteiger partial charge < -0.3 is 9.47 Å². The fraction of sp³-hybridized carbons (Fsp3) is 0.636. The zero-order valence-corrected chi connectivity index (χ0v) is 11.7. The molecule has 0 spiro atoms. The second-order valence-electron chi connectivity index (χ2n) is 4.39. The van der Waals surface area contributed by atoms with Crippen LogP contribution < -0.4 is 4.74 Å². The Morgan fingerprint density at radius 3 is 2.50 bits per heavy atom. The van der Waals surface area contributed by atoms with Crippen LogP contribution in [0.1, 0.15) is 26.6 Å². The Bertz CT molecular complexity index is 330. The fourth-order valence-electron chi connectivity index (χ4n) is 1.07. The van der Waals surface area contributed by atoms with Crippen LogP contribution in [0.3, 0.4) is 0 Å². The molecule has 0 bridgehead atoms. The molecule has 16 heavy (non-hydrogen) atoms. The van der Waals surface area contributed by atoms with Crippen LogP contribution in [0.5, 0.6) is 5.88 Å². The summed E-state index contributed by atoms with van der Waals surface area (Å²) in [5.41, 5.74) is -0.133. The molecule has 0 aliphatic rings. The Morgan fingerprint density at radius 2 is 1.94 bits per heavy atom. The first-order valence-corrected chi connectivity index (χ1v) is 5.94. The lowest BCUT2D eigenvalue weighted by molar-refractivity contribution is -0.0168. The molecule has 0 radical (unpaired) electrons. The van der Waals surface area contributed by atoms with Crippen LogP contribution in [-0.2, 0) is 4.74 Å². The topological polar surface area (TPSA) is 44.2 Å². The van der Waals surface area contributed by atoms with Gasteiger partial charge in [0.05, 0.1) is 12.2 Å². The molecule has 1 rings (SSSR count). The van der Waals surface area contributed by atoms with E-state index in [2.05, 4.69) is 25.9 Å². The number of ether oxygens (including phenoxy) is 2. The fourth-order valence-corrected chi connectivity index (χ4v) is 1.53. The Labute approximate surface area is 105 Å². The maximum absolute atomic E-state index is 5.53. The molecule has 0 atom stereocenters. The Morgan fingerprint density at radius 1 is 1.25 bits per heavy atom. The van der Waals surface area contributed by atoms with E-state index in [-0.39, 0.29) is 5.60 Å². The number of rotatable bonds is 4. The Hall–Kier alpha value is -0.680. The van der Waals surface area contributed by atoms with Crippen molar-refractivity contribution in [2.75, 3.05) is 13.2 Å². The van der Waals surface area contributed by atoms with Gasteiger partial charge in [0.25, 0.3) is 0 Å². The minimum atomic E-state index is -0.133. The Balaban J connectivity index is 2.37. The van der Waals surface area contributed by atoms with Crippen molar-refractivity contribution in [3.63, 3.8) is 0 Å². The molecule has 0 aromatic carbocycles. The highest BCUT2D eigenvalue weighted by Gasteiger charge is 2.09. The number of aryl methyl sites for hydroxylation is 1. The van der Waals surface area contributed by atoms with Gasteiger partial charge in [-0.3, -0.25) is 0 Å². The molecule has 0 fully saturated rings. The maximum atomic E-state index is 5.53. The molecule has 1 aromatic heterocycles. The van der Waals surface area contributed by atoms with Crippen molar-refractivity contribution in [3.05, 3.63) is 16.5 Å². The molecular weight excluding hydrogens is 272 g/mol. The van der Waals surface area contributed by atoms with Crippen molar-refractivity contribution in [1.29, 1.82) is 0 Å². The van der Waals surface area contributed by atoms with Gasteiger partial charge in [-0.1, -0.05) is 0 Å². The van der Waals surface area contributed by atoms with Gasteiger partial charge in [-0.05, 0) is 43.6 Å². The normalized spacial score (nSPS) is 11.6. The van der Waals surface area contributed by atoms with E-state index in [9.17, 15) is 0 Å². The summed E-state index contributed by atoms with van der Waals surface area (Å²) >= 11 is 3.29. The van der Waals surface area contributed by atoms with Crippen LogP contribution in [0, 0.1) is 6.92 Å². The molecule has 0 saturated heterocycles. The zero-order valence-electron chi connectivity index (χ0n) is 10.1. The average Bonchev–Trinajstić information content (AvgIpc) is 2.09. The number of hydrogen-bond acceptors (Lipinski definition) is 4. The van der Waals surface area contributed by atoms with Crippen LogP contribution >= 0.6 is 15.9 Å². The van der Waals surface area contributed by atoms with Crippen molar-refractivity contribution in [1.82, 2.24) is 9.97 Å². The van der Waals surface area contributed by atoms with E-state index in [1.165, 1.54) is 0 Å². The summed E-state index contributed by atoms with van der Waals surface area (Å²) in [5, 5.41) is 0. The average molecular weight is 289 g/mol. The molecule has 0 amide bonds. The molecule has 0 aliphatic heterocycles. The van der Waals surface area contributed by atoms with Gasteiger partial charge in [0.2, 0.25) is 5.88 Å². The number of aromatic nitrogens is 2. The van der Waals surface area contributed by atoms with Crippen molar-refractivity contribution in [2.24, 2.45) is 0 Å². The van der Waals surface area contributed by atoms with E-state index in [0.717, 1.165) is 4.60 Å². The van der Waals surface area contributed by atoms with E-state index < -0.39 is 0 Å². The van der Waals surface area contributed by atoms with Gasteiger partial charge in [-0.15, -0.1) is 0 Å². The second-order valence-corrected chi connectivity index (χ2v) is 5.20. The number of nitrogens with zero attached hydrogens (tertiary/aromatic N) is 2. The van der Waals surface area contributed by atoms with Crippen molar-refractivity contribution < 1.29 is 9.47 Å². The van der Waals surface area contributed by atoms with Crippen molar-refractivity contribution in [2.45, 2.75) is 33.3 Å². The summed E-state index contributed by atoms with van der Waals surface area (Å²) in [6.07, 6.45) is 0. The first kappa shape index (κ1) is 13.4. The lowest BCUT2D eigenvalue weighted by Crippen LogP contribution is -2.22. The molecular formula is C11H17BrN2O2. The lowest BCUT2D eigenvalue weighted by atomic mass is 10.2. The predicted molar refractivity (Wildman–Crippen MR) is 65.7 cm³/mol. The highest BCUT2D eigenvalue weighted by Crippen LogP contribution is 2.14. The van der Waals surface area contributed by atoms with Gasteiger partial charge in [0, 0.05) is 6.07 Å². The van der Waals surface area contributed by atoms with E-state index in [4.69, 9.17) is 9.47 Å². The molecule has 0 saturated carbocycles. The third-order valence-corrected chi connectivity index (χ3v) is 2.06. The summed E-state index contributed by atoms with van der Waals surface area (Å²) in [7, 11) is 0. The van der Waals surface area contributed by atoms with E-state index in [1.807, 2.05) is 27.7 Å². The van der Waals surface area contributed by atoms with Crippen LogP contribution in [0.15, 0.2) is 10.7 Å². The van der Waals surface area contributed by atoms with E-state index >= 15 is 0 Å². The van der Waals surface area contributed by atoms with Gasteiger partial charge in [0.1, 0.15) is 17.0 Å². The molecule has 0 N–H and O–H groups in total. The van der Waals surface area contributed by atoms with Gasteiger partial charge >= 0.3 is 0 Å². The Kier molecular flexibility index (Phi) is 4.68. The van der Waals surface area contributed by atoms with Crippen molar-refractivity contribution >= 4 is 15.9 Å². The molecule has 4 nitrogen and oxygen atoms in total. The van der Waals surface area contributed by atoms with Crippen LogP contribution in [0.2, 0.25) is 0 Å². The summed E-state index contributed by atoms with van der Waals surface area (Å²) in [5.74, 6) is 1.25. The zero-order chi connectivity index (χ0) is 12.2. The number of hydrogen-bond donors (Lipinski definition) is 0. The molecule has 5 heteroatoms. The quantitative estimate of drug-likeness (QED) is 0.631. The van der Waals surface area contributed by atoms with Crippen LogP contribution in [-0.4, -0.2) is 28.8 Å². The monoisotopic (exact) mass is 288 g/mol. The third kappa shape index (κ3) is 5.42. The molecule has 0 unspecified atom stereocenters. The lowest BCUT2D eigenvalue weighted by Gasteiger charge is -2.19. The summed E-state index contributed by atoms with van der Waals surface area (Å²) in [4.78, 5) is 8.25. The van der Waals surface area contributed by atoms with Crippen molar-refractivity contribution in [3.8, 4) is 5.88 Å². The molecule has 1 aromatic rings. The predicted octanol–water partition coefficient (Wildman–Crippen LogP) is 2.74. The first-order chi connectivity index (χ1) is 7.37. The largest absolute Gasteiger partial charge is 0.475 e. The molecule has 1 heterocycles. The third-order valence-electron chi connectivity index (χ3n) is 1.65. The van der Waals surface area contributed by atoms with Crippen LogP contribution in [0.4, 0.5) is 0 Å². The molecule has 90 valence electrons. The van der Waals surface area contributed by atoms with Crippen LogP contribution in [0.25, 0.3) is 0 Å². The van der Waals surface area contributed by atoms with E-state index in [0.29, 0.717) is 24.9 Å². The first-order valence-electron chi connectivity index (χ1n) is 5.15. The summed E-state index contributed by atoms with van der Waals surface area (Å²) in [6.45, 7) is 8.89. The maximum Gasteiger partial charge on any atom is 0.217 e. The minimum absolute atomic E-state index is 0.133. The smallest absolute Gasteiger partial charge is 0.217 e. The van der Waals surface area contributed by atoms with Gasteiger partial charge in [-0.2, -0.15) is 4.98 Å². The standard InChI is InChI=1S/C11H17BrN2O2/c1-8-13-9(12)7-10(14-8)15-5-6-16-11(2,3)4/h7H,5-6H2,1-4H3. The highest BCUT2D eigenvalue weighted by molar-refractivity contribution is 9.10. The molecule has 0 aliphatic carbocycles. The highest BCUT2D eigenvalue weighted by atomic mass is 79.9. The second kappa shape index (κ2) is 5.59.